The molecule has 1 aromatic carbocycles. The fourth-order valence-corrected chi connectivity index (χ4v) is 1.94. The van der Waals surface area contributed by atoms with Gasteiger partial charge >= 0.3 is 0 Å². The molecular formula is C12H15ClO2. The summed E-state index contributed by atoms with van der Waals surface area (Å²) >= 11 is 5.84. The zero-order valence-electron chi connectivity index (χ0n) is 9.16. The minimum absolute atomic E-state index is 0.116. The molecule has 0 radical (unpaired) electrons. The summed E-state index contributed by atoms with van der Waals surface area (Å²) in [4.78, 5) is 0. The van der Waals surface area contributed by atoms with E-state index in [1.165, 1.54) is 0 Å². The maximum Gasteiger partial charge on any atom is 0.192 e. The molecule has 1 aromatic rings. The summed E-state index contributed by atoms with van der Waals surface area (Å²) in [7, 11) is 0. The van der Waals surface area contributed by atoms with Gasteiger partial charge in [-0.15, -0.1) is 0 Å². The minimum atomic E-state index is -0.635. The predicted molar refractivity (Wildman–Crippen MR) is 59.9 cm³/mol. The van der Waals surface area contributed by atoms with Crippen molar-refractivity contribution in [1.82, 2.24) is 0 Å². The molecule has 0 saturated carbocycles. The van der Waals surface area contributed by atoms with Crippen molar-refractivity contribution in [3.05, 3.63) is 34.9 Å². The second kappa shape index (κ2) is 3.78. The topological polar surface area (TPSA) is 18.5 Å². The molecular weight excluding hydrogens is 212 g/mol. The summed E-state index contributed by atoms with van der Waals surface area (Å²) in [6.45, 7) is 5.98. The molecule has 2 rings (SSSR count). The number of hydrogen-bond acceptors (Lipinski definition) is 2. The first kappa shape index (κ1) is 10.9. The molecule has 2 unspecified atom stereocenters. The van der Waals surface area contributed by atoms with Crippen molar-refractivity contribution in [2.24, 2.45) is 0 Å². The lowest BCUT2D eigenvalue weighted by Gasteiger charge is -2.23. The van der Waals surface area contributed by atoms with Gasteiger partial charge in [0, 0.05) is 10.6 Å². The Morgan fingerprint density at radius 3 is 2.00 bits per heavy atom. The van der Waals surface area contributed by atoms with Gasteiger partial charge in [0.15, 0.2) is 5.79 Å². The van der Waals surface area contributed by atoms with Crippen LogP contribution in [-0.2, 0) is 15.3 Å². The van der Waals surface area contributed by atoms with Crippen LogP contribution in [0.2, 0.25) is 5.02 Å². The van der Waals surface area contributed by atoms with Crippen molar-refractivity contribution in [3.8, 4) is 0 Å². The van der Waals surface area contributed by atoms with E-state index in [0.29, 0.717) is 0 Å². The van der Waals surface area contributed by atoms with Crippen LogP contribution in [0.4, 0.5) is 0 Å². The van der Waals surface area contributed by atoms with E-state index in [4.69, 9.17) is 21.1 Å². The molecule has 82 valence electrons. The van der Waals surface area contributed by atoms with Gasteiger partial charge in [-0.2, -0.15) is 0 Å². The number of ether oxygens (including phenoxy) is 2. The van der Waals surface area contributed by atoms with Gasteiger partial charge in [-0.05, 0) is 32.9 Å². The fraction of sp³-hybridized carbons (Fsp3) is 0.500. The Morgan fingerprint density at radius 2 is 1.53 bits per heavy atom. The molecule has 0 amide bonds. The van der Waals surface area contributed by atoms with E-state index in [2.05, 4.69) is 0 Å². The van der Waals surface area contributed by atoms with Crippen molar-refractivity contribution in [1.29, 1.82) is 0 Å². The van der Waals surface area contributed by atoms with Crippen LogP contribution in [0.1, 0.15) is 26.3 Å². The van der Waals surface area contributed by atoms with Gasteiger partial charge in [0.2, 0.25) is 0 Å². The number of benzene rings is 1. The third-order valence-corrected chi connectivity index (χ3v) is 3.10. The molecule has 2 nitrogen and oxygen atoms in total. The van der Waals surface area contributed by atoms with Gasteiger partial charge < -0.3 is 9.47 Å². The maximum absolute atomic E-state index is 5.84. The van der Waals surface area contributed by atoms with E-state index < -0.39 is 5.79 Å². The molecule has 0 aromatic heterocycles. The van der Waals surface area contributed by atoms with Crippen LogP contribution in [0.5, 0.6) is 0 Å². The SMILES string of the molecule is CC1OC(C)(c2ccc(Cl)cc2)OC1C. The van der Waals surface area contributed by atoms with Gasteiger partial charge in [0.25, 0.3) is 0 Å². The average Bonchev–Trinajstić information content (AvgIpc) is 2.43. The van der Waals surface area contributed by atoms with Crippen LogP contribution in [0.25, 0.3) is 0 Å². The van der Waals surface area contributed by atoms with E-state index in [9.17, 15) is 0 Å². The lowest BCUT2D eigenvalue weighted by molar-refractivity contribution is -0.166. The summed E-state index contributed by atoms with van der Waals surface area (Å²) in [5.41, 5.74) is 1.00. The number of rotatable bonds is 1. The summed E-state index contributed by atoms with van der Waals surface area (Å²) in [5, 5.41) is 0.724. The first-order valence-electron chi connectivity index (χ1n) is 5.13. The Balaban J connectivity index is 2.27. The lowest BCUT2D eigenvalue weighted by Crippen LogP contribution is -2.23. The molecule has 3 heteroatoms. The highest BCUT2D eigenvalue weighted by molar-refractivity contribution is 6.30. The number of hydrogen-bond donors (Lipinski definition) is 0. The molecule has 1 aliphatic heterocycles. The molecule has 1 saturated heterocycles. The van der Waals surface area contributed by atoms with Crippen molar-refractivity contribution in [2.75, 3.05) is 0 Å². The van der Waals surface area contributed by atoms with E-state index >= 15 is 0 Å². The van der Waals surface area contributed by atoms with Gasteiger partial charge in [-0.3, -0.25) is 0 Å². The zero-order chi connectivity index (χ0) is 11.1. The van der Waals surface area contributed by atoms with Gasteiger partial charge in [0.1, 0.15) is 0 Å². The van der Waals surface area contributed by atoms with Gasteiger partial charge in [0.05, 0.1) is 12.2 Å². The second-order valence-electron chi connectivity index (χ2n) is 4.10. The summed E-state index contributed by atoms with van der Waals surface area (Å²) < 4.78 is 11.6. The fourth-order valence-electron chi connectivity index (χ4n) is 1.82. The third-order valence-electron chi connectivity index (χ3n) is 2.85. The van der Waals surface area contributed by atoms with Crippen molar-refractivity contribution in [2.45, 2.75) is 38.8 Å². The maximum atomic E-state index is 5.84. The lowest BCUT2D eigenvalue weighted by atomic mass is 10.1. The summed E-state index contributed by atoms with van der Waals surface area (Å²) in [6, 6.07) is 7.57. The van der Waals surface area contributed by atoms with E-state index in [0.717, 1.165) is 10.6 Å². The summed E-state index contributed by atoms with van der Waals surface area (Å²) in [6.07, 6.45) is 0.233. The minimum Gasteiger partial charge on any atom is -0.340 e. The molecule has 15 heavy (non-hydrogen) atoms. The zero-order valence-corrected chi connectivity index (χ0v) is 9.91. The van der Waals surface area contributed by atoms with E-state index in [1.54, 1.807) is 0 Å². The Morgan fingerprint density at radius 1 is 1.07 bits per heavy atom. The number of halogens is 1. The van der Waals surface area contributed by atoms with Crippen LogP contribution >= 0.6 is 11.6 Å². The highest BCUT2D eigenvalue weighted by Crippen LogP contribution is 2.37. The molecule has 0 aliphatic carbocycles. The van der Waals surface area contributed by atoms with Crippen LogP contribution in [0, 0.1) is 0 Å². The molecule has 1 fully saturated rings. The van der Waals surface area contributed by atoms with Crippen molar-refractivity contribution >= 4 is 11.6 Å². The molecule has 0 N–H and O–H groups in total. The highest BCUT2D eigenvalue weighted by atomic mass is 35.5. The molecule has 0 bridgehead atoms. The van der Waals surface area contributed by atoms with Crippen LogP contribution in [0.3, 0.4) is 0 Å². The summed E-state index contributed by atoms with van der Waals surface area (Å²) in [5.74, 6) is -0.635. The first-order valence-corrected chi connectivity index (χ1v) is 5.51. The molecule has 0 spiro atoms. The van der Waals surface area contributed by atoms with Crippen molar-refractivity contribution in [3.63, 3.8) is 0 Å². The molecule has 2 atom stereocenters. The monoisotopic (exact) mass is 226 g/mol. The highest BCUT2D eigenvalue weighted by Gasteiger charge is 2.41. The smallest absolute Gasteiger partial charge is 0.192 e. The standard InChI is InChI=1S/C12H15ClO2/c1-8-9(2)15-12(3,14-8)10-4-6-11(13)7-5-10/h4-9H,1-3H3. The average molecular weight is 227 g/mol. The molecule has 1 aliphatic rings. The Kier molecular flexibility index (Phi) is 2.75. The Bertz CT molecular complexity index is 337. The largest absolute Gasteiger partial charge is 0.340 e. The van der Waals surface area contributed by atoms with Crippen LogP contribution < -0.4 is 0 Å². The Hall–Kier alpha value is -0.570. The van der Waals surface area contributed by atoms with Gasteiger partial charge in [-0.25, -0.2) is 0 Å². The quantitative estimate of drug-likeness (QED) is 0.731. The Labute approximate surface area is 95.1 Å². The van der Waals surface area contributed by atoms with Crippen LogP contribution in [-0.4, -0.2) is 12.2 Å². The second-order valence-corrected chi connectivity index (χ2v) is 4.53. The molecule has 1 heterocycles. The van der Waals surface area contributed by atoms with Crippen molar-refractivity contribution < 1.29 is 9.47 Å². The normalized spacial score (nSPS) is 35.7. The first-order chi connectivity index (χ1) is 7.01. The van der Waals surface area contributed by atoms with Gasteiger partial charge in [-0.1, -0.05) is 23.7 Å². The van der Waals surface area contributed by atoms with E-state index in [-0.39, 0.29) is 12.2 Å². The van der Waals surface area contributed by atoms with E-state index in [1.807, 2.05) is 45.0 Å². The third kappa shape index (κ3) is 2.03. The van der Waals surface area contributed by atoms with Crippen LogP contribution in [0.15, 0.2) is 24.3 Å². The predicted octanol–water partition coefficient (Wildman–Crippen LogP) is 3.34.